The van der Waals surface area contributed by atoms with Gasteiger partial charge in [0, 0.05) is 18.9 Å². The number of hydrogen-bond donors (Lipinski definition) is 0. The van der Waals surface area contributed by atoms with Gasteiger partial charge in [-0.15, -0.1) is 0 Å². The first-order chi connectivity index (χ1) is 7.13. The van der Waals surface area contributed by atoms with Crippen molar-refractivity contribution in [1.29, 1.82) is 0 Å². The van der Waals surface area contributed by atoms with Crippen LogP contribution < -0.4 is 0 Å². The van der Waals surface area contributed by atoms with E-state index in [-0.39, 0.29) is 12.1 Å². The molecule has 1 saturated carbocycles. The van der Waals surface area contributed by atoms with Gasteiger partial charge in [0.05, 0.1) is 0 Å². The molecule has 88 valence electrons. The van der Waals surface area contributed by atoms with Gasteiger partial charge in [-0.3, -0.25) is 4.79 Å². The quantitative estimate of drug-likeness (QED) is 0.655. The predicted octanol–water partition coefficient (Wildman–Crippen LogP) is 2.06. The summed E-state index contributed by atoms with van der Waals surface area (Å²) in [6.45, 7) is 3.04. The van der Waals surface area contributed by atoms with E-state index in [2.05, 4.69) is 19.0 Å². The standard InChI is InChI=1S/C12H23NO2/c1-4-6-12(14)15-11-8-5-7-10(11)9-13(2)3/h10-11H,4-9H2,1-3H3/t10-,11-/m1/s1. The highest BCUT2D eigenvalue weighted by Crippen LogP contribution is 2.29. The van der Waals surface area contributed by atoms with E-state index in [0.29, 0.717) is 12.3 Å². The summed E-state index contributed by atoms with van der Waals surface area (Å²) in [4.78, 5) is 13.6. The van der Waals surface area contributed by atoms with Crippen LogP contribution in [0.5, 0.6) is 0 Å². The Balaban J connectivity index is 2.35. The number of rotatable bonds is 5. The molecular weight excluding hydrogens is 190 g/mol. The van der Waals surface area contributed by atoms with Gasteiger partial charge in [-0.05, 0) is 39.8 Å². The average Bonchev–Trinajstić information content (AvgIpc) is 2.52. The summed E-state index contributed by atoms with van der Waals surface area (Å²) in [5, 5.41) is 0. The van der Waals surface area contributed by atoms with Crippen molar-refractivity contribution in [2.45, 2.75) is 45.1 Å². The van der Waals surface area contributed by atoms with Gasteiger partial charge in [-0.25, -0.2) is 0 Å². The van der Waals surface area contributed by atoms with Crippen LogP contribution >= 0.6 is 0 Å². The highest BCUT2D eigenvalue weighted by atomic mass is 16.5. The molecule has 0 radical (unpaired) electrons. The normalized spacial score (nSPS) is 25.9. The SMILES string of the molecule is CCCC(=O)O[C@@H]1CCC[C@@H]1CN(C)C. The van der Waals surface area contributed by atoms with Crippen LogP contribution in [0.1, 0.15) is 39.0 Å². The van der Waals surface area contributed by atoms with E-state index < -0.39 is 0 Å². The molecule has 1 fully saturated rings. The van der Waals surface area contributed by atoms with Crippen molar-refractivity contribution in [1.82, 2.24) is 4.90 Å². The first-order valence-electron chi connectivity index (χ1n) is 5.97. The maximum atomic E-state index is 11.4. The highest BCUT2D eigenvalue weighted by molar-refractivity contribution is 5.69. The minimum absolute atomic E-state index is 0.0202. The third kappa shape index (κ3) is 4.20. The maximum Gasteiger partial charge on any atom is 0.306 e. The van der Waals surface area contributed by atoms with E-state index in [9.17, 15) is 4.79 Å². The maximum absolute atomic E-state index is 11.4. The van der Waals surface area contributed by atoms with Crippen LogP contribution in [0.25, 0.3) is 0 Å². The van der Waals surface area contributed by atoms with Gasteiger partial charge >= 0.3 is 5.97 Å². The molecule has 3 heteroatoms. The Morgan fingerprint density at radius 2 is 2.13 bits per heavy atom. The molecular formula is C12H23NO2. The number of carbonyl (C=O) groups is 1. The van der Waals surface area contributed by atoms with Gasteiger partial charge in [-0.1, -0.05) is 6.92 Å². The second kappa shape index (κ2) is 6.11. The van der Waals surface area contributed by atoms with E-state index in [4.69, 9.17) is 4.74 Å². The lowest BCUT2D eigenvalue weighted by Gasteiger charge is -2.23. The predicted molar refractivity (Wildman–Crippen MR) is 60.7 cm³/mol. The second-order valence-corrected chi connectivity index (χ2v) is 4.73. The number of hydrogen-bond acceptors (Lipinski definition) is 3. The van der Waals surface area contributed by atoms with Crippen LogP contribution in [0, 0.1) is 5.92 Å². The van der Waals surface area contributed by atoms with Crippen molar-refractivity contribution in [3.63, 3.8) is 0 Å². The van der Waals surface area contributed by atoms with Crippen LogP contribution in [0.4, 0.5) is 0 Å². The van der Waals surface area contributed by atoms with Crippen LogP contribution in [-0.2, 0) is 9.53 Å². The van der Waals surface area contributed by atoms with Gasteiger partial charge in [0.1, 0.15) is 6.10 Å². The van der Waals surface area contributed by atoms with Gasteiger partial charge < -0.3 is 9.64 Å². The van der Waals surface area contributed by atoms with Crippen molar-refractivity contribution < 1.29 is 9.53 Å². The number of ether oxygens (including phenoxy) is 1. The number of nitrogens with zero attached hydrogens (tertiary/aromatic N) is 1. The summed E-state index contributed by atoms with van der Waals surface area (Å²) in [6, 6.07) is 0. The van der Waals surface area contributed by atoms with Gasteiger partial charge in [0.25, 0.3) is 0 Å². The zero-order chi connectivity index (χ0) is 11.3. The van der Waals surface area contributed by atoms with E-state index >= 15 is 0 Å². The summed E-state index contributed by atoms with van der Waals surface area (Å²) >= 11 is 0. The van der Waals surface area contributed by atoms with E-state index in [1.165, 1.54) is 12.8 Å². The minimum atomic E-state index is -0.0202. The average molecular weight is 213 g/mol. The molecule has 0 aromatic heterocycles. The molecule has 0 N–H and O–H groups in total. The number of carbonyl (C=O) groups excluding carboxylic acids is 1. The molecule has 0 unspecified atom stereocenters. The summed E-state index contributed by atoms with van der Waals surface area (Å²) in [5.74, 6) is 0.522. The lowest BCUT2D eigenvalue weighted by Crippen LogP contribution is -2.30. The zero-order valence-electron chi connectivity index (χ0n) is 10.2. The molecule has 0 aromatic rings. The van der Waals surface area contributed by atoms with Crippen LogP contribution in [0.3, 0.4) is 0 Å². The van der Waals surface area contributed by atoms with Gasteiger partial charge in [-0.2, -0.15) is 0 Å². The van der Waals surface area contributed by atoms with E-state index in [1.54, 1.807) is 0 Å². The van der Waals surface area contributed by atoms with Crippen molar-refractivity contribution in [2.75, 3.05) is 20.6 Å². The largest absolute Gasteiger partial charge is 0.462 e. The molecule has 0 saturated heterocycles. The minimum Gasteiger partial charge on any atom is -0.462 e. The molecule has 0 heterocycles. The topological polar surface area (TPSA) is 29.5 Å². The summed E-state index contributed by atoms with van der Waals surface area (Å²) in [5.41, 5.74) is 0. The Morgan fingerprint density at radius 1 is 1.40 bits per heavy atom. The van der Waals surface area contributed by atoms with Crippen molar-refractivity contribution in [3.05, 3.63) is 0 Å². The Hall–Kier alpha value is -0.570. The van der Waals surface area contributed by atoms with Crippen molar-refractivity contribution in [2.24, 2.45) is 5.92 Å². The van der Waals surface area contributed by atoms with Gasteiger partial charge in [0.15, 0.2) is 0 Å². The molecule has 0 aromatic carbocycles. The van der Waals surface area contributed by atoms with Gasteiger partial charge in [0.2, 0.25) is 0 Å². The Bertz CT molecular complexity index is 204. The Labute approximate surface area is 92.8 Å². The Morgan fingerprint density at radius 3 is 2.73 bits per heavy atom. The first kappa shape index (κ1) is 12.5. The summed E-state index contributed by atoms with van der Waals surface area (Å²) in [6.07, 6.45) is 5.06. The fourth-order valence-electron chi connectivity index (χ4n) is 2.27. The summed E-state index contributed by atoms with van der Waals surface area (Å²) < 4.78 is 5.50. The third-order valence-corrected chi connectivity index (χ3v) is 2.93. The lowest BCUT2D eigenvalue weighted by molar-refractivity contribution is -0.151. The molecule has 1 rings (SSSR count). The molecule has 1 aliphatic carbocycles. The zero-order valence-corrected chi connectivity index (χ0v) is 10.2. The van der Waals surface area contributed by atoms with E-state index in [0.717, 1.165) is 19.4 Å². The lowest BCUT2D eigenvalue weighted by atomic mass is 10.1. The van der Waals surface area contributed by atoms with Crippen molar-refractivity contribution in [3.8, 4) is 0 Å². The van der Waals surface area contributed by atoms with E-state index in [1.807, 2.05) is 6.92 Å². The molecule has 0 amide bonds. The first-order valence-corrected chi connectivity index (χ1v) is 5.97. The van der Waals surface area contributed by atoms with Crippen LogP contribution in [0.2, 0.25) is 0 Å². The fourth-order valence-corrected chi connectivity index (χ4v) is 2.27. The van der Waals surface area contributed by atoms with Crippen molar-refractivity contribution >= 4 is 5.97 Å². The number of esters is 1. The monoisotopic (exact) mass is 213 g/mol. The fraction of sp³-hybridized carbons (Fsp3) is 0.917. The van der Waals surface area contributed by atoms with Crippen LogP contribution in [-0.4, -0.2) is 37.6 Å². The third-order valence-electron chi connectivity index (χ3n) is 2.93. The smallest absolute Gasteiger partial charge is 0.306 e. The van der Waals surface area contributed by atoms with Crippen LogP contribution in [0.15, 0.2) is 0 Å². The molecule has 15 heavy (non-hydrogen) atoms. The summed E-state index contributed by atoms with van der Waals surface area (Å²) in [7, 11) is 4.15. The molecule has 2 atom stereocenters. The molecule has 1 aliphatic rings. The molecule has 0 bridgehead atoms. The molecule has 0 aliphatic heterocycles. The second-order valence-electron chi connectivity index (χ2n) is 4.73. The molecule has 0 spiro atoms. The Kier molecular flexibility index (Phi) is 5.09. The highest BCUT2D eigenvalue weighted by Gasteiger charge is 2.30. The molecule has 3 nitrogen and oxygen atoms in total.